The van der Waals surface area contributed by atoms with Crippen molar-refractivity contribution in [3.8, 4) is 0 Å². The van der Waals surface area contributed by atoms with E-state index in [2.05, 4.69) is 0 Å². The quantitative estimate of drug-likeness (QED) is 0.495. The first-order valence-corrected chi connectivity index (χ1v) is 5.28. The van der Waals surface area contributed by atoms with Crippen LogP contribution in [0.1, 0.15) is 44.9 Å². The highest BCUT2D eigenvalue weighted by Crippen LogP contribution is 2.77. The highest BCUT2D eigenvalue weighted by atomic mass is 14.7. The third-order valence-corrected chi connectivity index (χ3v) is 5.05. The van der Waals surface area contributed by atoms with Crippen molar-refractivity contribution in [3.63, 3.8) is 0 Å². The zero-order valence-corrected chi connectivity index (χ0v) is 7.10. The molecule has 0 unspecified atom stereocenters. The molecule has 7 aliphatic carbocycles. The van der Waals surface area contributed by atoms with Gasteiger partial charge >= 0.3 is 0 Å². The van der Waals surface area contributed by atoms with Gasteiger partial charge in [0.05, 0.1) is 0 Å². The Balaban J connectivity index is 1.87. The minimum Gasteiger partial charge on any atom is -0.0475 e. The molecule has 0 atom stereocenters. The van der Waals surface area contributed by atoms with Gasteiger partial charge in [-0.1, -0.05) is 0 Å². The van der Waals surface area contributed by atoms with Crippen LogP contribution in [0.3, 0.4) is 0 Å². The van der Waals surface area contributed by atoms with E-state index in [1.54, 1.807) is 44.9 Å². The van der Waals surface area contributed by atoms with E-state index in [0.29, 0.717) is 0 Å². The van der Waals surface area contributed by atoms with Crippen molar-refractivity contribution in [2.75, 3.05) is 0 Å². The highest BCUT2D eigenvalue weighted by molar-refractivity contribution is 5.16. The molecular weight excluding hydrogens is 132 g/mol. The first-order valence-electron chi connectivity index (χ1n) is 5.28. The van der Waals surface area contributed by atoms with Crippen LogP contribution < -0.4 is 0 Å². The molecule has 0 aromatic carbocycles. The minimum absolute atomic E-state index is 0.935. The van der Waals surface area contributed by atoms with Gasteiger partial charge in [0, 0.05) is 0 Å². The van der Waals surface area contributed by atoms with Gasteiger partial charge in [-0.3, -0.25) is 0 Å². The van der Waals surface area contributed by atoms with Crippen molar-refractivity contribution < 1.29 is 0 Å². The molecule has 7 fully saturated rings. The lowest BCUT2D eigenvalue weighted by Gasteiger charge is -2.73. The van der Waals surface area contributed by atoms with Crippen LogP contribution in [0, 0.1) is 22.7 Å². The van der Waals surface area contributed by atoms with E-state index in [1.165, 1.54) is 11.8 Å². The van der Waals surface area contributed by atoms with Crippen LogP contribution in [0.15, 0.2) is 0 Å². The average molecular weight is 148 g/mol. The fourth-order valence-electron chi connectivity index (χ4n) is 5.68. The molecule has 0 aromatic heterocycles. The van der Waals surface area contributed by atoms with Gasteiger partial charge in [0.25, 0.3) is 0 Å². The lowest BCUT2D eigenvalue weighted by molar-refractivity contribution is -0.220. The molecular formula is C11H16. The van der Waals surface area contributed by atoms with Gasteiger partial charge in [0.15, 0.2) is 0 Å². The zero-order valence-electron chi connectivity index (χ0n) is 7.10. The van der Waals surface area contributed by atoms with Crippen molar-refractivity contribution >= 4 is 0 Å². The SMILES string of the molecule is C1C2CC34CC1CC(C2)(C3)C4. The van der Waals surface area contributed by atoms with E-state index in [-0.39, 0.29) is 0 Å². The molecule has 0 saturated heterocycles. The number of hydrogen-bond donors (Lipinski definition) is 0. The number of hydrogen-bond acceptors (Lipinski definition) is 0. The Bertz CT molecular complexity index is 169. The van der Waals surface area contributed by atoms with Gasteiger partial charge in [-0.15, -0.1) is 0 Å². The molecule has 11 heavy (non-hydrogen) atoms. The molecule has 4 bridgehead atoms. The van der Waals surface area contributed by atoms with E-state index in [1.807, 2.05) is 0 Å². The van der Waals surface area contributed by atoms with Crippen molar-refractivity contribution in [3.05, 3.63) is 0 Å². The van der Waals surface area contributed by atoms with Crippen LogP contribution in [0.25, 0.3) is 0 Å². The Morgan fingerprint density at radius 1 is 0.727 bits per heavy atom. The predicted molar refractivity (Wildman–Crippen MR) is 44.2 cm³/mol. The molecule has 0 aromatic rings. The van der Waals surface area contributed by atoms with Gasteiger partial charge in [0.1, 0.15) is 0 Å². The van der Waals surface area contributed by atoms with Crippen LogP contribution in [0.2, 0.25) is 0 Å². The fourth-order valence-corrected chi connectivity index (χ4v) is 5.68. The Labute approximate surface area is 68.4 Å². The van der Waals surface area contributed by atoms with Crippen LogP contribution in [0.5, 0.6) is 0 Å². The summed E-state index contributed by atoms with van der Waals surface area (Å²) in [6, 6.07) is 0. The third-order valence-electron chi connectivity index (χ3n) is 5.05. The summed E-state index contributed by atoms with van der Waals surface area (Å²) in [5, 5.41) is 0. The first-order chi connectivity index (χ1) is 5.28. The largest absolute Gasteiger partial charge is 0.0475 e. The molecule has 7 aliphatic rings. The maximum Gasteiger partial charge on any atom is -0.0282 e. The molecule has 7 saturated carbocycles. The van der Waals surface area contributed by atoms with Crippen molar-refractivity contribution in [2.45, 2.75) is 44.9 Å². The molecule has 0 amide bonds. The van der Waals surface area contributed by atoms with Gasteiger partial charge in [0.2, 0.25) is 0 Å². The monoisotopic (exact) mass is 148 g/mol. The summed E-state index contributed by atoms with van der Waals surface area (Å²) in [5.74, 6) is 2.37. The van der Waals surface area contributed by atoms with E-state index in [0.717, 1.165) is 10.8 Å². The van der Waals surface area contributed by atoms with Crippen LogP contribution in [0.4, 0.5) is 0 Å². The molecule has 7 rings (SSSR count). The molecule has 0 nitrogen and oxygen atoms in total. The smallest absolute Gasteiger partial charge is 0.0282 e. The highest BCUT2D eigenvalue weighted by Gasteiger charge is 2.66. The lowest BCUT2D eigenvalue weighted by Crippen LogP contribution is -2.62. The number of rotatable bonds is 0. The second-order valence-corrected chi connectivity index (χ2v) is 6.14. The Morgan fingerprint density at radius 2 is 1.18 bits per heavy atom. The zero-order chi connectivity index (χ0) is 7.10. The second kappa shape index (κ2) is 1.30. The van der Waals surface area contributed by atoms with Crippen molar-refractivity contribution in [1.29, 1.82) is 0 Å². The fraction of sp³-hybridized carbons (Fsp3) is 1.00. The summed E-state index contributed by atoms with van der Waals surface area (Å²) >= 11 is 0. The van der Waals surface area contributed by atoms with E-state index in [4.69, 9.17) is 0 Å². The summed E-state index contributed by atoms with van der Waals surface area (Å²) in [6.45, 7) is 0. The van der Waals surface area contributed by atoms with Gasteiger partial charge in [-0.25, -0.2) is 0 Å². The molecule has 0 N–H and O–H groups in total. The van der Waals surface area contributed by atoms with Gasteiger partial charge < -0.3 is 0 Å². The maximum atomic E-state index is 1.65. The van der Waals surface area contributed by atoms with E-state index in [9.17, 15) is 0 Å². The molecule has 0 radical (unpaired) electrons. The summed E-state index contributed by atoms with van der Waals surface area (Å²) < 4.78 is 0. The molecule has 0 aliphatic heterocycles. The van der Waals surface area contributed by atoms with Crippen molar-refractivity contribution in [2.24, 2.45) is 22.7 Å². The summed E-state index contributed by atoms with van der Waals surface area (Å²) in [7, 11) is 0. The van der Waals surface area contributed by atoms with E-state index < -0.39 is 0 Å². The third kappa shape index (κ3) is 0.494. The van der Waals surface area contributed by atoms with Gasteiger partial charge in [-0.2, -0.15) is 0 Å². The molecule has 2 spiro atoms. The summed E-state index contributed by atoms with van der Waals surface area (Å²) in [5.41, 5.74) is 1.87. The predicted octanol–water partition coefficient (Wildman–Crippen LogP) is 2.98. The molecule has 0 heterocycles. The van der Waals surface area contributed by atoms with Crippen LogP contribution >= 0.6 is 0 Å². The minimum atomic E-state index is 0.935. The Hall–Kier alpha value is 0. The summed E-state index contributed by atoms with van der Waals surface area (Å²) in [6.07, 6.45) is 11.4. The first kappa shape index (κ1) is 5.61. The average Bonchev–Trinajstić information content (AvgIpc) is 1.77. The standard InChI is InChI=1S/C11H16/c1-8-2-10-4-9(1)5-11(3-8,6-10)7-10/h8-9H,1-7H2. The van der Waals surface area contributed by atoms with Crippen LogP contribution in [-0.2, 0) is 0 Å². The second-order valence-electron chi connectivity index (χ2n) is 6.14. The molecule has 60 valence electrons. The molecule has 0 heteroatoms. The summed E-state index contributed by atoms with van der Waals surface area (Å²) in [4.78, 5) is 0. The van der Waals surface area contributed by atoms with Crippen LogP contribution in [-0.4, -0.2) is 0 Å². The Kier molecular flexibility index (Phi) is 0.661. The van der Waals surface area contributed by atoms with E-state index >= 15 is 0 Å². The Morgan fingerprint density at radius 3 is 1.55 bits per heavy atom. The maximum absolute atomic E-state index is 1.65. The normalized spacial score (nSPS) is 69.8. The lowest BCUT2D eigenvalue weighted by atomic mass is 9.32. The van der Waals surface area contributed by atoms with Gasteiger partial charge in [-0.05, 0) is 67.6 Å². The topological polar surface area (TPSA) is 0 Å². The van der Waals surface area contributed by atoms with Crippen molar-refractivity contribution in [1.82, 2.24) is 0 Å².